The van der Waals surface area contributed by atoms with E-state index < -0.39 is 0 Å². The Hall–Kier alpha value is -0.480. The number of carbonyl (C=O) groups excluding carboxylic acids is 1. The number of amides is 1. The second-order valence-electron chi connectivity index (χ2n) is 3.99. The van der Waals surface area contributed by atoms with E-state index in [4.69, 9.17) is 23.2 Å². The van der Waals surface area contributed by atoms with Gasteiger partial charge in [-0.3, -0.25) is 4.79 Å². The smallest absolute Gasteiger partial charge is 0.256 e. The maximum Gasteiger partial charge on any atom is 0.256 e. The molecule has 1 saturated heterocycles. The molecule has 0 aromatic heterocycles. The summed E-state index contributed by atoms with van der Waals surface area (Å²) in [5, 5.41) is 4.09. The van der Waals surface area contributed by atoms with Crippen molar-refractivity contribution in [2.24, 2.45) is 0 Å². The molecule has 1 fully saturated rings. The Bertz CT molecular complexity index is 398. The molecule has 0 unspecified atom stereocenters. The van der Waals surface area contributed by atoms with Crippen LogP contribution >= 0.6 is 35.6 Å². The molecule has 0 aliphatic carbocycles. The zero-order chi connectivity index (χ0) is 12.3. The van der Waals surface area contributed by atoms with Crippen molar-refractivity contribution in [1.82, 2.24) is 10.2 Å². The van der Waals surface area contributed by atoms with Gasteiger partial charge in [0.15, 0.2) is 0 Å². The highest BCUT2D eigenvalue weighted by molar-refractivity contribution is 6.39. The summed E-state index contributed by atoms with van der Waals surface area (Å²) in [6.45, 7) is 3.20. The predicted molar refractivity (Wildman–Crippen MR) is 77.1 cm³/mol. The van der Waals surface area contributed by atoms with Crippen LogP contribution < -0.4 is 5.32 Å². The van der Waals surface area contributed by atoms with Crippen LogP contribution in [0.2, 0.25) is 10.0 Å². The molecule has 0 spiro atoms. The largest absolute Gasteiger partial charge is 0.337 e. The Morgan fingerprint density at radius 2 is 1.83 bits per heavy atom. The van der Waals surface area contributed by atoms with Gasteiger partial charge in [-0.15, -0.1) is 12.4 Å². The third-order valence-corrected chi connectivity index (χ3v) is 3.43. The Morgan fingerprint density at radius 3 is 2.50 bits per heavy atom. The van der Waals surface area contributed by atoms with Gasteiger partial charge in [-0.2, -0.15) is 0 Å². The normalized spacial score (nSPS) is 15.8. The summed E-state index contributed by atoms with van der Waals surface area (Å²) in [6, 6.07) is 5.12. The fraction of sp³-hybridized carbons (Fsp3) is 0.417. The van der Waals surface area contributed by atoms with Gasteiger partial charge in [0.2, 0.25) is 0 Å². The van der Waals surface area contributed by atoms with Gasteiger partial charge in [0, 0.05) is 19.6 Å². The molecule has 6 heteroatoms. The van der Waals surface area contributed by atoms with Crippen LogP contribution in [0.5, 0.6) is 0 Å². The van der Waals surface area contributed by atoms with E-state index in [-0.39, 0.29) is 18.3 Å². The Balaban J connectivity index is 0.00000162. The van der Waals surface area contributed by atoms with Crippen LogP contribution in [0, 0.1) is 0 Å². The molecule has 1 N–H and O–H groups in total. The highest BCUT2D eigenvalue weighted by atomic mass is 35.5. The molecule has 1 aliphatic heterocycles. The minimum atomic E-state index is -0.0794. The molecular formula is C12H15Cl3N2O. The van der Waals surface area contributed by atoms with Crippen LogP contribution in [0.1, 0.15) is 16.8 Å². The monoisotopic (exact) mass is 308 g/mol. The van der Waals surface area contributed by atoms with Crippen molar-refractivity contribution in [2.75, 3.05) is 26.2 Å². The fourth-order valence-electron chi connectivity index (χ4n) is 1.91. The van der Waals surface area contributed by atoms with Crippen molar-refractivity contribution < 1.29 is 4.79 Å². The first-order valence-electron chi connectivity index (χ1n) is 5.64. The zero-order valence-electron chi connectivity index (χ0n) is 9.79. The van der Waals surface area contributed by atoms with Gasteiger partial charge < -0.3 is 10.2 Å². The number of carbonyl (C=O) groups is 1. The van der Waals surface area contributed by atoms with E-state index in [1.54, 1.807) is 23.1 Å². The molecule has 1 heterocycles. The first-order chi connectivity index (χ1) is 8.20. The molecule has 1 aromatic carbocycles. The zero-order valence-corrected chi connectivity index (χ0v) is 12.1. The minimum Gasteiger partial charge on any atom is -0.337 e. The summed E-state index contributed by atoms with van der Waals surface area (Å²) in [6.07, 6.45) is 0.952. The van der Waals surface area contributed by atoms with Crippen LogP contribution in [-0.2, 0) is 0 Å². The first-order valence-corrected chi connectivity index (χ1v) is 6.40. The van der Waals surface area contributed by atoms with Gasteiger partial charge in [-0.05, 0) is 25.1 Å². The van der Waals surface area contributed by atoms with Crippen LogP contribution in [0.25, 0.3) is 0 Å². The van der Waals surface area contributed by atoms with Crippen LogP contribution in [0.4, 0.5) is 0 Å². The van der Waals surface area contributed by atoms with E-state index in [1.807, 2.05) is 0 Å². The molecule has 18 heavy (non-hydrogen) atoms. The average molecular weight is 310 g/mol. The van der Waals surface area contributed by atoms with Crippen LogP contribution in [-0.4, -0.2) is 37.0 Å². The summed E-state index contributed by atoms with van der Waals surface area (Å²) >= 11 is 12.1. The van der Waals surface area contributed by atoms with Crippen molar-refractivity contribution in [3.05, 3.63) is 33.8 Å². The quantitative estimate of drug-likeness (QED) is 0.865. The standard InChI is InChI=1S/C12H14Cl2N2O.ClH/c13-9-3-1-4-10(14)11(9)12(17)16-7-2-5-15-6-8-16;/h1,3-4,15H,2,5-8H2;1H. The number of nitrogens with zero attached hydrogens (tertiary/aromatic N) is 1. The summed E-state index contributed by atoms with van der Waals surface area (Å²) in [7, 11) is 0. The van der Waals surface area contributed by atoms with Crippen LogP contribution in [0.15, 0.2) is 18.2 Å². The lowest BCUT2D eigenvalue weighted by Gasteiger charge is -2.21. The third kappa shape index (κ3) is 3.51. The summed E-state index contributed by atoms with van der Waals surface area (Å²) in [4.78, 5) is 14.1. The van der Waals surface area contributed by atoms with Gasteiger partial charge >= 0.3 is 0 Å². The maximum absolute atomic E-state index is 12.3. The van der Waals surface area contributed by atoms with E-state index in [9.17, 15) is 4.79 Å². The second-order valence-corrected chi connectivity index (χ2v) is 4.81. The SMILES string of the molecule is Cl.O=C(c1c(Cl)cccc1Cl)N1CCCNCC1. The van der Waals surface area contributed by atoms with E-state index in [0.717, 1.165) is 26.1 Å². The fourth-order valence-corrected chi connectivity index (χ4v) is 2.47. The summed E-state index contributed by atoms with van der Waals surface area (Å²) in [5.41, 5.74) is 0.415. The van der Waals surface area contributed by atoms with E-state index >= 15 is 0 Å². The van der Waals surface area contributed by atoms with Crippen molar-refractivity contribution in [1.29, 1.82) is 0 Å². The number of hydrogen-bond acceptors (Lipinski definition) is 2. The molecule has 0 bridgehead atoms. The lowest BCUT2D eigenvalue weighted by atomic mass is 10.2. The second kappa shape index (κ2) is 7.19. The lowest BCUT2D eigenvalue weighted by Crippen LogP contribution is -2.34. The summed E-state index contributed by atoms with van der Waals surface area (Å²) < 4.78 is 0. The van der Waals surface area contributed by atoms with Gasteiger partial charge in [0.1, 0.15) is 0 Å². The van der Waals surface area contributed by atoms with E-state index in [1.165, 1.54) is 0 Å². The predicted octanol–water partition coefficient (Wildman–Crippen LogP) is 2.85. The molecule has 0 saturated carbocycles. The Morgan fingerprint density at radius 1 is 1.17 bits per heavy atom. The van der Waals surface area contributed by atoms with E-state index in [0.29, 0.717) is 22.2 Å². The van der Waals surface area contributed by atoms with Crippen molar-refractivity contribution in [3.8, 4) is 0 Å². The number of benzene rings is 1. The molecule has 100 valence electrons. The number of halogens is 3. The maximum atomic E-state index is 12.3. The van der Waals surface area contributed by atoms with Gasteiger partial charge in [-0.25, -0.2) is 0 Å². The number of nitrogens with one attached hydrogen (secondary N) is 1. The molecule has 0 radical (unpaired) electrons. The van der Waals surface area contributed by atoms with E-state index in [2.05, 4.69) is 5.32 Å². The Kier molecular flexibility index (Phi) is 6.22. The molecule has 1 aromatic rings. The highest BCUT2D eigenvalue weighted by Gasteiger charge is 2.21. The van der Waals surface area contributed by atoms with Crippen molar-refractivity contribution in [2.45, 2.75) is 6.42 Å². The number of rotatable bonds is 1. The lowest BCUT2D eigenvalue weighted by molar-refractivity contribution is 0.0766. The molecule has 2 rings (SSSR count). The van der Waals surface area contributed by atoms with Crippen molar-refractivity contribution in [3.63, 3.8) is 0 Å². The van der Waals surface area contributed by atoms with Crippen molar-refractivity contribution >= 4 is 41.5 Å². The Labute approximate surface area is 123 Å². The minimum absolute atomic E-state index is 0. The molecule has 1 aliphatic rings. The first kappa shape index (κ1) is 15.6. The molecule has 3 nitrogen and oxygen atoms in total. The number of hydrogen-bond donors (Lipinski definition) is 1. The molecular weight excluding hydrogens is 295 g/mol. The van der Waals surface area contributed by atoms with Crippen LogP contribution in [0.3, 0.4) is 0 Å². The average Bonchev–Trinajstić information content (AvgIpc) is 2.57. The third-order valence-electron chi connectivity index (χ3n) is 2.80. The molecule has 0 atom stereocenters. The molecule has 1 amide bonds. The topological polar surface area (TPSA) is 32.3 Å². The van der Waals surface area contributed by atoms with Gasteiger partial charge in [0.25, 0.3) is 5.91 Å². The van der Waals surface area contributed by atoms with Gasteiger partial charge in [-0.1, -0.05) is 29.3 Å². The highest BCUT2D eigenvalue weighted by Crippen LogP contribution is 2.25. The summed E-state index contributed by atoms with van der Waals surface area (Å²) in [5.74, 6) is -0.0794. The van der Waals surface area contributed by atoms with Gasteiger partial charge in [0.05, 0.1) is 15.6 Å².